The minimum atomic E-state index is -4.46. The average Bonchev–Trinajstić information content (AvgIpc) is 1.95. The van der Waals surface area contributed by atoms with Gasteiger partial charge in [-0.3, -0.25) is 0 Å². The van der Waals surface area contributed by atoms with Crippen molar-refractivity contribution >= 4 is 39.9 Å². The van der Waals surface area contributed by atoms with E-state index in [1.54, 1.807) is 0 Å². The Morgan fingerprint density at radius 3 is 2.23 bits per heavy atom. The van der Waals surface area contributed by atoms with Crippen LogP contribution in [0.4, 0.5) is 18.9 Å². The zero-order valence-corrected chi connectivity index (χ0v) is 9.04. The largest absolute Gasteiger partial charge is 0.418 e. The number of alkyl halides is 3. The van der Waals surface area contributed by atoms with Gasteiger partial charge in [-0.1, -0.05) is 11.6 Å². The van der Waals surface area contributed by atoms with E-state index < -0.39 is 11.7 Å². The lowest BCUT2D eigenvalue weighted by Gasteiger charge is -2.12. The third-order valence-electron chi connectivity index (χ3n) is 1.40. The Morgan fingerprint density at radius 1 is 1.31 bits per heavy atom. The zero-order chi connectivity index (χ0) is 10.2. The Morgan fingerprint density at radius 2 is 1.85 bits per heavy atom. The number of halogens is 5. The summed E-state index contributed by atoms with van der Waals surface area (Å²) in [6, 6.07) is 2.49. The molecule has 1 aromatic rings. The highest BCUT2D eigenvalue weighted by molar-refractivity contribution is 14.1. The van der Waals surface area contributed by atoms with Crippen molar-refractivity contribution < 1.29 is 13.2 Å². The molecule has 1 rings (SSSR count). The second-order valence-corrected chi connectivity index (χ2v) is 3.81. The van der Waals surface area contributed by atoms with Crippen LogP contribution in [0.1, 0.15) is 5.56 Å². The van der Waals surface area contributed by atoms with Crippen LogP contribution < -0.4 is 5.73 Å². The van der Waals surface area contributed by atoms with E-state index >= 15 is 0 Å². The summed E-state index contributed by atoms with van der Waals surface area (Å²) in [4.78, 5) is 0. The molecule has 1 nitrogen and oxygen atoms in total. The van der Waals surface area contributed by atoms with Crippen molar-refractivity contribution in [1.29, 1.82) is 0 Å². The first-order valence-corrected chi connectivity index (χ1v) is 4.60. The molecular weight excluding hydrogens is 317 g/mol. The standard InChI is InChI=1S/C7H4ClF3IN/c8-3-1-2-4(13)6(12)5(3)7(9,10)11/h1-2H,13H2. The number of nitrogens with two attached hydrogens (primary N) is 1. The lowest BCUT2D eigenvalue weighted by Crippen LogP contribution is -2.10. The molecule has 0 spiro atoms. The third-order valence-corrected chi connectivity index (χ3v) is 2.88. The van der Waals surface area contributed by atoms with E-state index in [0.29, 0.717) is 0 Å². The molecule has 2 N–H and O–H groups in total. The van der Waals surface area contributed by atoms with Crippen molar-refractivity contribution in [2.45, 2.75) is 6.18 Å². The second-order valence-electron chi connectivity index (χ2n) is 2.32. The highest BCUT2D eigenvalue weighted by Crippen LogP contribution is 2.39. The second kappa shape index (κ2) is 3.53. The quantitative estimate of drug-likeness (QED) is 0.574. The molecule has 72 valence electrons. The van der Waals surface area contributed by atoms with Crippen molar-refractivity contribution in [2.75, 3.05) is 5.73 Å². The molecule has 1 aromatic carbocycles. The summed E-state index contributed by atoms with van der Waals surface area (Å²) in [6.45, 7) is 0. The summed E-state index contributed by atoms with van der Waals surface area (Å²) in [5.74, 6) is 0. The van der Waals surface area contributed by atoms with Crippen LogP contribution >= 0.6 is 34.2 Å². The molecule has 0 aromatic heterocycles. The summed E-state index contributed by atoms with van der Waals surface area (Å²) in [7, 11) is 0. The van der Waals surface area contributed by atoms with Gasteiger partial charge in [0.25, 0.3) is 0 Å². The van der Waals surface area contributed by atoms with Gasteiger partial charge in [-0.05, 0) is 34.7 Å². The van der Waals surface area contributed by atoms with Crippen LogP contribution in [-0.2, 0) is 6.18 Å². The molecule has 6 heteroatoms. The molecule has 0 saturated carbocycles. The topological polar surface area (TPSA) is 26.0 Å². The summed E-state index contributed by atoms with van der Waals surface area (Å²) in [5, 5.41) is -0.328. The van der Waals surface area contributed by atoms with Crippen LogP contribution in [0.5, 0.6) is 0 Å². The molecule has 0 fully saturated rings. The molecule has 0 aliphatic carbocycles. The maximum atomic E-state index is 12.3. The minimum absolute atomic E-state index is 0.0578. The van der Waals surface area contributed by atoms with E-state index in [9.17, 15) is 13.2 Å². The Hall–Kier alpha value is -0.170. The van der Waals surface area contributed by atoms with Crippen molar-refractivity contribution in [3.05, 3.63) is 26.3 Å². The molecule has 0 heterocycles. The molecule has 0 bridgehead atoms. The normalized spacial score (nSPS) is 11.8. The Labute approximate surface area is 91.2 Å². The van der Waals surface area contributed by atoms with Crippen molar-refractivity contribution in [1.82, 2.24) is 0 Å². The Balaban J connectivity index is 3.43. The molecule has 0 aliphatic heterocycles. The minimum Gasteiger partial charge on any atom is -0.398 e. The number of nitrogen functional groups attached to an aromatic ring is 1. The maximum absolute atomic E-state index is 12.3. The van der Waals surface area contributed by atoms with Crippen LogP contribution in [-0.4, -0.2) is 0 Å². The van der Waals surface area contributed by atoms with Gasteiger partial charge in [-0.25, -0.2) is 0 Å². The van der Waals surface area contributed by atoms with Crippen LogP contribution in [0.15, 0.2) is 12.1 Å². The van der Waals surface area contributed by atoms with E-state index in [2.05, 4.69) is 0 Å². The molecule has 0 saturated heterocycles. The molecule has 0 amide bonds. The fraction of sp³-hybridized carbons (Fsp3) is 0.143. The first kappa shape index (κ1) is 10.9. The number of hydrogen-bond acceptors (Lipinski definition) is 1. The maximum Gasteiger partial charge on any atom is 0.418 e. The van der Waals surface area contributed by atoms with E-state index in [4.69, 9.17) is 17.3 Å². The van der Waals surface area contributed by atoms with E-state index in [0.717, 1.165) is 6.07 Å². The van der Waals surface area contributed by atoms with Gasteiger partial charge < -0.3 is 5.73 Å². The third kappa shape index (κ3) is 2.19. The van der Waals surface area contributed by atoms with Crippen molar-refractivity contribution in [2.24, 2.45) is 0 Å². The monoisotopic (exact) mass is 321 g/mol. The fourth-order valence-electron chi connectivity index (χ4n) is 0.828. The first-order chi connectivity index (χ1) is 5.84. The van der Waals surface area contributed by atoms with Crippen molar-refractivity contribution in [3.8, 4) is 0 Å². The highest BCUT2D eigenvalue weighted by Gasteiger charge is 2.36. The van der Waals surface area contributed by atoms with Gasteiger partial charge in [0, 0.05) is 9.26 Å². The van der Waals surface area contributed by atoms with Crippen LogP contribution in [0.25, 0.3) is 0 Å². The lowest BCUT2D eigenvalue weighted by molar-refractivity contribution is -0.138. The SMILES string of the molecule is Nc1ccc(Cl)c(C(F)(F)F)c1I. The summed E-state index contributed by atoms with van der Waals surface area (Å²) in [6.07, 6.45) is -4.46. The Kier molecular flexibility index (Phi) is 2.96. The number of anilines is 1. The lowest BCUT2D eigenvalue weighted by atomic mass is 10.2. The van der Waals surface area contributed by atoms with Crippen LogP contribution in [0.2, 0.25) is 5.02 Å². The van der Waals surface area contributed by atoms with E-state index in [1.807, 2.05) is 0 Å². The van der Waals surface area contributed by atoms with Crippen LogP contribution in [0, 0.1) is 3.57 Å². The predicted molar refractivity (Wildman–Crippen MR) is 53.6 cm³/mol. The van der Waals surface area contributed by atoms with Gasteiger partial charge >= 0.3 is 6.18 Å². The van der Waals surface area contributed by atoms with E-state index in [1.165, 1.54) is 28.7 Å². The summed E-state index contributed by atoms with van der Waals surface area (Å²) < 4.78 is 37.0. The molecule has 0 unspecified atom stereocenters. The zero-order valence-electron chi connectivity index (χ0n) is 6.12. The number of hydrogen-bond donors (Lipinski definition) is 1. The first-order valence-electron chi connectivity index (χ1n) is 3.14. The van der Waals surface area contributed by atoms with Gasteiger partial charge in [0.15, 0.2) is 0 Å². The smallest absolute Gasteiger partial charge is 0.398 e. The molecular formula is C7H4ClF3IN. The van der Waals surface area contributed by atoms with E-state index in [-0.39, 0.29) is 14.3 Å². The average molecular weight is 321 g/mol. The number of rotatable bonds is 0. The van der Waals surface area contributed by atoms with Gasteiger partial charge in [0.2, 0.25) is 0 Å². The summed E-state index contributed by atoms with van der Waals surface area (Å²) in [5.41, 5.74) is 4.53. The predicted octanol–water partition coefficient (Wildman–Crippen LogP) is 3.55. The molecule has 13 heavy (non-hydrogen) atoms. The molecule has 0 atom stereocenters. The van der Waals surface area contributed by atoms with Gasteiger partial charge in [-0.15, -0.1) is 0 Å². The number of benzene rings is 1. The fourth-order valence-corrected chi connectivity index (χ4v) is 2.03. The van der Waals surface area contributed by atoms with Gasteiger partial charge in [-0.2, -0.15) is 13.2 Å². The van der Waals surface area contributed by atoms with Crippen molar-refractivity contribution in [3.63, 3.8) is 0 Å². The molecule has 0 radical (unpaired) electrons. The highest BCUT2D eigenvalue weighted by atomic mass is 127. The van der Waals surface area contributed by atoms with Crippen LogP contribution in [0.3, 0.4) is 0 Å². The van der Waals surface area contributed by atoms with Gasteiger partial charge in [0.05, 0.1) is 10.6 Å². The summed E-state index contributed by atoms with van der Waals surface area (Å²) >= 11 is 6.93. The molecule has 0 aliphatic rings. The Bertz CT molecular complexity index is 337. The van der Waals surface area contributed by atoms with Gasteiger partial charge in [0.1, 0.15) is 0 Å².